The molecule has 15 heteroatoms. The maximum atomic E-state index is 9.00. The number of pyridine rings is 4. The van der Waals surface area contributed by atoms with E-state index in [4.69, 9.17) is 47.6 Å². The first kappa shape index (κ1) is 50.6. The van der Waals surface area contributed by atoms with Crippen LogP contribution in [0.3, 0.4) is 0 Å². The summed E-state index contributed by atoms with van der Waals surface area (Å²) in [5.41, 5.74) is 7.57. The van der Waals surface area contributed by atoms with E-state index in [-0.39, 0.29) is 7.43 Å². The minimum Gasteiger partial charge on any atom is -0.295 e. The number of carboxylic acid groups (broad SMARTS) is 1. The Morgan fingerprint density at radius 1 is 0.620 bits per heavy atom. The predicted octanol–water partition coefficient (Wildman–Crippen LogP) is 10.8. The Balaban J connectivity index is 0.000000708. The van der Waals surface area contributed by atoms with Crippen LogP contribution in [0.4, 0.5) is 0 Å². The van der Waals surface area contributed by atoms with Crippen molar-refractivity contribution in [2.75, 3.05) is 0 Å². The number of aliphatic carboxylic acids is 1. The van der Waals surface area contributed by atoms with Crippen molar-refractivity contribution in [1.29, 1.82) is 0 Å². The fraction of sp³-hybridized carbons (Fsp3) is 0.0571. The molecular weight excluding hydrogens is 1150 g/mol. The summed E-state index contributed by atoms with van der Waals surface area (Å²) in [6.45, 7) is 1.08. The molecule has 0 aliphatic carbocycles. The fourth-order valence-electron chi connectivity index (χ4n) is 3.66. The van der Waals surface area contributed by atoms with Crippen LogP contribution in [0, 0.1) is 6.07 Å². The summed E-state index contributed by atoms with van der Waals surface area (Å²) < 4.78 is 0. The van der Waals surface area contributed by atoms with Gasteiger partial charge in [0.2, 0.25) is 0 Å². The number of nitrogens with zero attached hydrogens (tertiary/aromatic N) is 4. The van der Waals surface area contributed by atoms with Gasteiger partial charge in [-0.15, -0.1) is 35.9 Å². The first-order valence-corrected chi connectivity index (χ1v) is 44.3. The van der Waals surface area contributed by atoms with E-state index in [1.165, 1.54) is 63.2 Å². The zero-order valence-electron chi connectivity index (χ0n) is 26.4. The first-order valence-electron chi connectivity index (χ1n) is 14.2. The number of carbonyl (C=O) groups is 1. The molecule has 6 nitrogen and oxygen atoms in total. The molecule has 50 heavy (non-hydrogen) atoms. The van der Waals surface area contributed by atoms with E-state index in [2.05, 4.69) is 47.6 Å². The zero-order valence-corrected chi connectivity index (χ0v) is 41.0. The summed E-state index contributed by atoms with van der Waals surface area (Å²) in [5.74, 6) is -0.833. The Bertz CT molecular complexity index is 1510. The second-order valence-electron chi connectivity index (χ2n) is 8.68. The van der Waals surface area contributed by atoms with Crippen LogP contribution in [0.25, 0.3) is 45.3 Å². The van der Waals surface area contributed by atoms with Gasteiger partial charge in [0.1, 0.15) is 0 Å². The molecule has 0 bridgehead atoms. The molecule has 4 aromatic heterocycles. The second-order valence-corrected chi connectivity index (χ2v) is 28.4. The van der Waals surface area contributed by atoms with Crippen LogP contribution in [0.15, 0.2) is 140 Å². The van der Waals surface area contributed by atoms with Gasteiger partial charge in [-0.05, 0) is 48.2 Å². The standard InChI is InChI=1S/C16H12N2.C16H11N2.C2H4O2.CH4.5ClH.2K.2Pt/c2*1-2-7-13(8-3-1)14-10-6-11-16(18-14)15-9-4-5-12-17-15;1-2(3)4;;;;;;;;;;/h1-12H;1-7,9-12H;1H3,(H,3,4);1H4;5*1H;;;;/q;-1;;;;;;;;;;+2;+4/p-5. The third-order valence-electron chi connectivity index (χ3n) is 5.41. The number of hydrogen-bond acceptors (Lipinski definition) is 5. The molecule has 1 N–H and O–H groups in total. The zero-order chi connectivity index (χ0) is 36.5. The number of benzene rings is 2. The molecule has 0 amide bonds. The molecule has 0 unspecified atom stereocenters. The van der Waals surface area contributed by atoms with E-state index < -0.39 is 17.9 Å². The SMILES string of the molecule is C.CC(=O)O.[Cl][Pt+].[Cl][Pt]([Cl])([Cl])[Cl].[K][K].[c-]1ccccc1-c1cccc(-c2ccccn2)n1.c1ccc(-c2cccc(-c3ccccn3)n2)cc1. The van der Waals surface area contributed by atoms with Gasteiger partial charge in [0.25, 0.3) is 5.97 Å². The Hall–Kier alpha value is 0.609. The number of rotatable bonds is 4. The van der Waals surface area contributed by atoms with E-state index in [1.54, 1.807) is 31.2 Å². The molecule has 260 valence electrons. The number of hydrogen-bond donors (Lipinski definition) is 1. The van der Waals surface area contributed by atoms with Gasteiger partial charge < -0.3 is 5.11 Å². The number of carboxylic acids is 1. The van der Waals surface area contributed by atoms with Crippen LogP contribution >= 0.6 is 47.1 Å². The van der Waals surface area contributed by atoms with E-state index in [9.17, 15) is 0 Å². The van der Waals surface area contributed by atoms with Crippen LogP contribution < -0.4 is 0 Å². The summed E-state index contributed by atoms with van der Waals surface area (Å²) >= 11 is 1.06. The van der Waals surface area contributed by atoms with Gasteiger partial charge in [-0.3, -0.25) is 19.7 Å². The Kier molecular flexibility index (Phi) is 31.3. The molecule has 6 aromatic rings. The summed E-state index contributed by atoms with van der Waals surface area (Å²) in [6, 6.07) is 44.8. The Morgan fingerprint density at radius 3 is 1.42 bits per heavy atom. The van der Waals surface area contributed by atoms with E-state index >= 15 is 0 Å². The van der Waals surface area contributed by atoms with Crippen molar-refractivity contribution < 1.29 is 40.6 Å². The molecule has 0 aliphatic rings. The maximum absolute atomic E-state index is 9.00. The molecule has 0 aliphatic heterocycles. The van der Waals surface area contributed by atoms with Gasteiger partial charge in [0.15, 0.2) is 0 Å². The van der Waals surface area contributed by atoms with Crippen LogP contribution in [0.2, 0.25) is 0 Å². The van der Waals surface area contributed by atoms with Gasteiger partial charge in [0.05, 0.1) is 28.5 Å². The predicted molar refractivity (Wildman–Crippen MR) is 205 cm³/mol. The fourth-order valence-corrected chi connectivity index (χ4v) is 3.66. The largest absolute Gasteiger partial charge is 0.295 e. The van der Waals surface area contributed by atoms with E-state index in [0.29, 0.717) is 0 Å². The van der Waals surface area contributed by atoms with Gasteiger partial charge in [-0.2, -0.15) is 0 Å². The summed E-state index contributed by atoms with van der Waals surface area (Å²) in [7, 11) is 24.6. The van der Waals surface area contributed by atoms with Crippen molar-refractivity contribution in [3.63, 3.8) is 0 Å². The van der Waals surface area contributed by atoms with Crippen LogP contribution in [0.5, 0.6) is 0 Å². The van der Waals surface area contributed by atoms with E-state index in [1.807, 2.05) is 115 Å². The molecule has 0 fully saturated rings. The van der Waals surface area contributed by atoms with Gasteiger partial charge in [-0.1, -0.05) is 68.1 Å². The summed E-state index contributed by atoms with van der Waals surface area (Å²) in [4.78, 5) is 26.9. The third-order valence-corrected chi connectivity index (χ3v) is 5.41. The van der Waals surface area contributed by atoms with E-state index in [0.717, 1.165) is 52.2 Å². The van der Waals surface area contributed by atoms with Crippen molar-refractivity contribution in [1.82, 2.24) is 19.9 Å². The van der Waals surface area contributed by atoms with Gasteiger partial charge in [0, 0.05) is 24.9 Å². The molecule has 2 aromatic carbocycles. The average molecular weight is 1190 g/mol. The molecular formula is C35H31Cl5K2N4O2Pt2. The maximum Gasteiger partial charge on any atom is 0.0893 e. The van der Waals surface area contributed by atoms with Crippen molar-refractivity contribution in [2.45, 2.75) is 14.4 Å². The minimum absolute atomic E-state index is 0. The smallest absolute Gasteiger partial charge is 0.0893 e. The summed E-state index contributed by atoms with van der Waals surface area (Å²) in [6.07, 6.45) is 3.56. The van der Waals surface area contributed by atoms with Crippen molar-refractivity contribution in [3.8, 4) is 45.3 Å². The molecule has 0 atom stereocenters. The molecule has 0 radical (unpaired) electrons. The molecule has 0 saturated heterocycles. The molecule has 4 heterocycles. The molecule has 6 rings (SSSR count). The topological polar surface area (TPSA) is 88.9 Å². The van der Waals surface area contributed by atoms with Gasteiger partial charge >= 0.3 is 141 Å². The van der Waals surface area contributed by atoms with Crippen LogP contribution in [-0.2, 0) is 35.5 Å². The monoisotopic (exact) mass is 1180 g/mol. The third kappa shape index (κ3) is 23.4. The van der Waals surface area contributed by atoms with Crippen molar-refractivity contribution in [2.24, 2.45) is 0 Å². The van der Waals surface area contributed by atoms with Crippen molar-refractivity contribution >= 4 is 116 Å². The van der Waals surface area contributed by atoms with Crippen LogP contribution in [-0.4, -0.2) is 94.2 Å². The minimum atomic E-state index is -3.06. The number of halogens is 5. The van der Waals surface area contributed by atoms with Gasteiger partial charge in [-0.25, -0.2) is 4.98 Å². The average Bonchev–Trinajstić information content (AvgIpc) is 3.14. The summed E-state index contributed by atoms with van der Waals surface area (Å²) in [5, 5.41) is 7.42. The van der Waals surface area contributed by atoms with Crippen molar-refractivity contribution in [3.05, 3.63) is 146 Å². The first-order chi connectivity index (χ1) is 23.6. The molecule has 0 spiro atoms. The second kappa shape index (κ2) is 30.9. The quantitative estimate of drug-likeness (QED) is 0.140. The number of aromatic nitrogens is 4. The normalized spacial score (nSPS) is 9.68. The Labute approximate surface area is 374 Å². The molecule has 0 saturated carbocycles. The van der Waals surface area contributed by atoms with Crippen LogP contribution in [0.1, 0.15) is 14.4 Å². The Morgan fingerprint density at radius 2 is 1.00 bits per heavy atom.